The summed E-state index contributed by atoms with van der Waals surface area (Å²) in [6, 6.07) is 20.2. The highest BCUT2D eigenvalue weighted by Crippen LogP contribution is 2.46. The number of halogens is 1. The molecule has 2 aliphatic rings. The molecular weight excluding hydrogens is 542 g/mol. The summed E-state index contributed by atoms with van der Waals surface area (Å²) in [5.41, 5.74) is 4.99. The van der Waals surface area contributed by atoms with E-state index in [0.717, 1.165) is 35.5 Å². The van der Waals surface area contributed by atoms with Crippen molar-refractivity contribution < 1.29 is 14.7 Å². The third-order valence-electron chi connectivity index (χ3n) is 7.52. The van der Waals surface area contributed by atoms with Gasteiger partial charge in [0.05, 0.1) is 22.7 Å². The molecule has 8 heteroatoms. The van der Waals surface area contributed by atoms with Crippen molar-refractivity contribution in [1.82, 2.24) is 4.90 Å². The summed E-state index contributed by atoms with van der Waals surface area (Å²) < 4.78 is 0. The zero-order chi connectivity index (χ0) is 28.6. The van der Waals surface area contributed by atoms with Crippen LogP contribution in [0, 0.1) is 0 Å². The number of rotatable bonds is 6. The van der Waals surface area contributed by atoms with Crippen LogP contribution >= 0.6 is 23.4 Å². The lowest BCUT2D eigenvalue weighted by atomic mass is 9.79. The molecule has 3 aromatic rings. The van der Waals surface area contributed by atoms with Crippen LogP contribution in [0.15, 0.2) is 76.6 Å². The van der Waals surface area contributed by atoms with Crippen LogP contribution < -0.4 is 4.90 Å². The molecule has 40 heavy (non-hydrogen) atoms. The molecule has 6 nitrogen and oxygen atoms in total. The van der Waals surface area contributed by atoms with E-state index in [1.807, 2.05) is 42.5 Å². The highest BCUT2D eigenvalue weighted by molar-refractivity contribution is 8.18. The summed E-state index contributed by atoms with van der Waals surface area (Å²) in [6.45, 7) is 10.1. The van der Waals surface area contributed by atoms with E-state index in [9.17, 15) is 14.7 Å². The van der Waals surface area contributed by atoms with E-state index >= 15 is 0 Å². The predicted molar refractivity (Wildman–Crippen MR) is 165 cm³/mol. The number of benzene rings is 3. The van der Waals surface area contributed by atoms with Crippen molar-refractivity contribution in [2.75, 3.05) is 11.4 Å². The van der Waals surface area contributed by atoms with Crippen LogP contribution in [-0.2, 0) is 11.3 Å². The van der Waals surface area contributed by atoms with Crippen LogP contribution in [0.4, 0.5) is 11.4 Å². The van der Waals surface area contributed by atoms with E-state index in [-0.39, 0.29) is 23.6 Å². The highest BCUT2D eigenvalue weighted by Gasteiger charge is 2.37. The van der Waals surface area contributed by atoms with Crippen LogP contribution in [0.5, 0.6) is 0 Å². The molecule has 1 fully saturated rings. The zero-order valence-electron chi connectivity index (χ0n) is 23.0. The predicted octanol–water partition coefficient (Wildman–Crippen LogP) is 7.95. The number of fused-ring (bicyclic) bond motifs is 1. The summed E-state index contributed by atoms with van der Waals surface area (Å²) in [7, 11) is 0. The van der Waals surface area contributed by atoms with Gasteiger partial charge in [0.15, 0.2) is 5.17 Å². The number of carboxylic acids is 1. The lowest BCUT2D eigenvalue weighted by Crippen LogP contribution is -2.48. The number of hydrogen-bond donors (Lipinski definition) is 1. The Kier molecular flexibility index (Phi) is 7.80. The van der Waals surface area contributed by atoms with Gasteiger partial charge in [-0.2, -0.15) is 0 Å². The largest absolute Gasteiger partial charge is 0.478 e. The van der Waals surface area contributed by atoms with Gasteiger partial charge in [-0.05, 0) is 104 Å². The Morgan fingerprint density at radius 1 is 1.15 bits per heavy atom. The molecule has 1 unspecified atom stereocenters. The van der Waals surface area contributed by atoms with Crippen molar-refractivity contribution in [3.63, 3.8) is 0 Å². The van der Waals surface area contributed by atoms with Gasteiger partial charge in [-0.3, -0.25) is 9.69 Å². The summed E-state index contributed by atoms with van der Waals surface area (Å²) in [5.74, 6) is -0.799. The van der Waals surface area contributed by atoms with Gasteiger partial charge in [0, 0.05) is 22.8 Å². The van der Waals surface area contributed by atoms with Gasteiger partial charge >= 0.3 is 5.97 Å². The standard InChI is InChI=1S/C32H32ClN3O3S/c1-5-36-27-17-26(33)23(15-25(27)20(2)18-32(36,3)4)16-28-29(37)35(19-21-11-13-22(14-12-21)30(38)39)31(40-28)34-24-9-7-6-8-10-24/h6-17,20H,5,18-19H2,1-4H3,(H,38,39)/b28-16+,34-31?. The smallest absolute Gasteiger partial charge is 0.335 e. The minimum atomic E-state index is -0.988. The Balaban J connectivity index is 1.52. The van der Waals surface area contributed by atoms with E-state index in [1.54, 1.807) is 29.2 Å². The molecule has 0 spiro atoms. The van der Waals surface area contributed by atoms with E-state index in [1.165, 1.54) is 17.3 Å². The Hall–Kier alpha value is -3.55. The van der Waals surface area contributed by atoms with Gasteiger partial charge in [0.25, 0.3) is 5.91 Å². The summed E-state index contributed by atoms with van der Waals surface area (Å²) in [4.78, 5) is 34.4. The maximum Gasteiger partial charge on any atom is 0.335 e. The summed E-state index contributed by atoms with van der Waals surface area (Å²) in [6.07, 6.45) is 2.90. The number of carbonyl (C=O) groups excluding carboxylic acids is 1. The maximum atomic E-state index is 13.7. The van der Waals surface area contributed by atoms with Gasteiger partial charge in [-0.25, -0.2) is 9.79 Å². The van der Waals surface area contributed by atoms with Gasteiger partial charge in [-0.1, -0.05) is 48.9 Å². The molecule has 1 atom stereocenters. The van der Waals surface area contributed by atoms with Crippen molar-refractivity contribution >= 4 is 57.9 Å². The van der Waals surface area contributed by atoms with Crippen LogP contribution in [0.3, 0.4) is 0 Å². The van der Waals surface area contributed by atoms with Crippen LogP contribution in [0.25, 0.3) is 6.08 Å². The average molecular weight is 574 g/mol. The number of amidine groups is 1. The Morgan fingerprint density at radius 2 is 1.85 bits per heavy atom. The third-order valence-corrected chi connectivity index (χ3v) is 8.85. The Morgan fingerprint density at radius 3 is 2.50 bits per heavy atom. The molecule has 2 aliphatic heterocycles. The first-order valence-corrected chi connectivity index (χ1v) is 14.6. The molecule has 0 radical (unpaired) electrons. The Labute approximate surface area is 244 Å². The molecule has 206 valence electrons. The third kappa shape index (κ3) is 5.54. The molecule has 1 saturated heterocycles. The molecule has 0 aliphatic carbocycles. The summed E-state index contributed by atoms with van der Waals surface area (Å²) >= 11 is 8.16. The van der Waals surface area contributed by atoms with E-state index in [0.29, 0.717) is 21.0 Å². The SMILES string of the molecule is CCN1c2cc(Cl)c(/C=C3/SC(=Nc4ccccc4)N(Cc4ccc(C(=O)O)cc4)C3=O)cc2C(C)CC1(C)C. The first kappa shape index (κ1) is 28.0. The van der Waals surface area contributed by atoms with Crippen molar-refractivity contribution in [1.29, 1.82) is 0 Å². The average Bonchev–Trinajstić information content (AvgIpc) is 3.19. The van der Waals surface area contributed by atoms with Crippen molar-refractivity contribution in [2.45, 2.75) is 52.1 Å². The van der Waals surface area contributed by atoms with Crippen LogP contribution in [0.1, 0.15) is 67.1 Å². The molecule has 0 saturated carbocycles. The van der Waals surface area contributed by atoms with E-state index in [2.05, 4.69) is 38.7 Å². The fourth-order valence-corrected chi connectivity index (χ4v) is 6.85. The molecule has 0 bridgehead atoms. The normalized spacial score (nSPS) is 20.3. The molecule has 1 N–H and O–H groups in total. The first-order valence-electron chi connectivity index (χ1n) is 13.4. The van der Waals surface area contributed by atoms with Crippen LogP contribution in [0.2, 0.25) is 5.02 Å². The number of carbonyl (C=O) groups is 2. The second kappa shape index (κ2) is 11.1. The van der Waals surface area contributed by atoms with Gasteiger partial charge < -0.3 is 10.0 Å². The van der Waals surface area contributed by atoms with Crippen LogP contribution in [-0.4, -0.2) is 39.1 Å². The number of thioether (sulfide) groups is 1. The van der Waals surface area contributed by atoms with Gasteiger partial charge in [0.1, 0.15) is 0 Å². The highest BCUT2D eigenvalue weighted by atomic mass is 35.5. The Bertz CT molecular complexity index is 1520. The minimum Gasteiger partial charge on any atom is -0.478 e. The number of nitrogens with zero attached hydrogens (tertiary/aromatic N) is 3. The first-order chi connectivity index (χ1) is 19.1. The lowest BCUT2D eigenvalue weighted by Gasteiger charge is -2.47. The fourth-order valence-electron chi connectivity index (χ4n) is 5.65. The maximum absolute atomic E-state index is 13.7. The summed E-state index contributed by atoms with van der Waals surface area (Å²) in [5, 5.41) is 10.4. The number of aliphatic imine (C=N–C) groups is 1. The second-order valence-corrected chi connectivity index (χ2v) is 12.2. The number of aromatic carboxylic acids is 1. The topological polar surface area (TPSA) is 73.2 Å². The number of anilines is 1. The van der Waals surface area contributed by atoms with Gasteiger partial charge in [-0.15, -0.1) is 0 Å². The van der Waals surface area contributed by atoms with Crippen molar-refractivity contribution in [3.8, 4) is 0 Å². The van der Waals surface area contributed by atoms with Crippen molar-refractivity contribution in [2.24, 2.45) is 4.99 Å². The molecule has 3 aromatic carbocycles. The molecule has 5 rings (SSSR count). The molecule has 2 heterocycles. The van der Waals surface area contributed by atoms with E-state index < -0.39 is 5.97 Å². The quantitative estimate of drug-likeness (QED) is 0.303. The van der Waals surface area contributed by atoms with Gasteiger partial charge in [0.2, 0.25) is 0 Å². The number of hydrogen-bond acceptors (Lipinski definition) is 5. The monoisotopic (exact) mass is 573 g/mol. The fraction of sp³-hybridized carbons (Fsp3) is 0.281. The van der Waals surface area contributed by atoms with Crippen molar-refractivity contribution in [3.05, 3.63) is 98.9 Å². The number of amides is 1. The lowest BCUT2D eigenvalue weighted by molar-refractivity contribution is -0.122. The molecule has 1 amide bonds. The van der Waals surface area contributed by atoms with E-state index in [4.69, 9.17) is 16.6 Å². The number of carboxylic acid groups (broad SMARTS) is 1. The molecular formula is C32H32ClN3O3S. The number of para-hydroxylation sites is 1. The second-order valence-electron chi connectivity index (χ2n) is 10.8. The minimum absolute atomic E-state index is 0.0354. The molecule has 0 aromatic heterocycles. The zero-order valence-corrected chi connectivity index (χ0v) is 24.6.